The summed E-state index contributed by atoms with van der Waals surface area (Å²) in [5.41, 5.74) is 0.621. The van der Waals surface area contributed by atoms with Crippen molar-refractivity contribution < 1.29 is 28.3 Å². The van der Waals surface area contributed by atoms with Crippen LogP contribution >= 0.6 is 7.29 Å². The van der Waals surface area contributed by atoms with Crippen molar-refractivity contribution in [2.75, 3.05) is 29.1 Å². The Morgan fingerprint density at radius 3 is 2.31 bits per heavy atom. The number of sulfonamides is 1. The first-order chi connectivity index (χ1) is 16.4. The van der Waals surface area contributed by atoms with Crippen molar-refractivity contribution in [3.05, 3.63) is 29.5 Å². The molecule has 1 aromatic carbocycles. The molecular formula is C24H37N4O6PS. The van der Waals surface area contributed by atoms with E-state index in [4.69, 9.17) is 0 Å². The van der Waals surface area contributed by atoms with E-state index in [2.05, 4.69) is 35.6 Å². The number of aromatic hydroxyl groups is 2. The minimum absolute atomic E-state index is 0.0181. The third-order valence-corrected chi connectivity index (χ3v) is 8.90. The Balaban J connectivity index is 2.19. The van der Waals surface area contributed by atoms with Gasteiger partial charge in [-0.25, -0.2) is 13.2 Å². The SMILES string of the molecule is CC(C)(C)CCn1c(O)c(C2=NP(=O)(CCO)c3cc(NS(C)(=O)=O)ccc3N2)c(O)c1C(C)(C)C. The van der Waals surface area contributed by atoms with E-state index in [0.29, 0.717) is 17.9 Å². The van der Waals surface area contributed by atoms with Crippen LogP contribution in [-0.4, -0.2) is 53.2 Å². The summed E-state index contributed by atoms with van der Waals surface area (Å²) in [7, 11) is -7.20. The van der Waals surface area contributed by atoms with Crippen LogP contribution in [0.4, 0.5) is 11.4 Å². The molecule has 0 spiro atoms. The summed E-state index contributed by atoms with van der Waals surface area (Å²) in [5, 5.41) is 35.5. The Labute approximate surface area is 212 Å². The molecule has 0 amide bonds. The van der Waals surface area contributed by atoms with Gasteiger partial charge in [0, 0.05) is 23.8 Å². The molecule has 1 aliphatic heterocycles. The van der Waals surface area contributed by atoms with E-state index in [1.807, 2.05) is 20.8 Å². The highest BCUT2D eigenvalue weighted by Gasteiger charge is 2.38. The molecule has 1 unspecified atom stereocenters. The number of nitrogens with one attached hydrogen (secondary N) is 2. The lowest BCUT2D eigenvalue weighted by atomic mass is 9.89. The number of hydrogen-bond donors (Lipinski definition) is 5. The van der Waals surface area contributed by atoms with Crippen LogP contribution in [0.3, 0.4) is 0 Å². The van der Waals surface area contributed by atoms with Crippen molar-refractivity contribution >= 4 is 39.8 Å². The van der Waals surface area contributed by atoms with Gasteiger partial charge in [-0.15, -0.1) is 0 Å². The molecule has 5 N–H and O–H groups in total. The number of aliphatic hydroxyl groups excluding tert-OH is 1. The molecule has 0 bridgehead atoms. The van der Waals surface area contributed by atoms with Crippen LogP contribution in [-0.2, 0) is 26.5 Å². The minimum atomic E-state index is -3.64. The van der Waals surface area contributed by atoms with E-state index < -0.39 is 29.3 Å². The molecule has 1 aromatic heterocycles. The molecule has 1 aliphatic rings. The van der Waals surface area contributed by atoms with E-state index >= 15 is 0 Å². The van der Waals surface area contributed by atoms with E-state index in [-0.39, 0.29) is 45.6 Å². The third-order valence-electron chi connectivity index (χ3n) is 5.84. The van der Waals surface area contributed by atoms with Crippen LogP contribution in [0, 0.1) is 5.41 Å². The molecule has 12 heteroatoms. The number of fused-ring (bicyclic) bond motifs is 1. The maximum Gasteiger partial charge on any atom is 0.229 e. The zero-order valence-electron chi connectivity index (χ0n) is 21.9. The second-order valence-electron chi connectivity index (χ2n) is 11.4. The van der Waals surface area contributed by atoms with Crippen molar-refractivity contribution in [2.24, 2.45) is 10.2 Å². The fourth-order valence-corrected chi connectivity index (χ4v) is 6.82. The van der Waals surface area contributed by atoms with Crippen molar-refractivity contribution in [1.29, 1.82) is 0 Å². The lowest BCUT2D eigenvalue weighted by Gasteiger charge is -2.26. The maximum atomic E-state index is 14.0. The molecule has 3 rings (SSSR count). The minimum Gasteiger partial charge on any atom is -0.505 e. The summed E-state index contributed by atoms with van der Waals surface area (Å²) in [6.07, 6.45) is 1.56. The zero-order chi connectivity index (χ0) is 27.3. The molecule has 0 radical (unpaired) electrons. The monoisotopic (exact) mass is 540 g/mol. The van der Waals surface area contributed by atoms with E-state index in [9.17, 15) is 28.3 Å². The number of hydrogen-bond acceptors (Lipinski definition) is 7. The summed E-state index contributed by atoms with van der Waals surface area (Å²) in [6, 6.07) is 4.49. The van der Waals surface area contributed by atoms with Crippen LogP contribution in [0.15, 0.2) is 23.0 Å². The summed E-state index contributed by atoms with van der Waals surface area (Å²) < 4.78 is 45.8. The lowest BCUT2D eigenvalue weighted by Crippen LogP contribution is -2.27. The van der Waals surface area contributed by atoms with Crippen LogP contribution in [0.2, 0.25) is 0 Å². The Hall–Kier alpha value is -2.49. The highest BCUT2D eigenvalue weighted by molar-refractivity contribution is 7.92. The number of aromatic nitrogens is 1. The van der Waals surface area contributed by atoms with E-state index in [0.717, 1.165) is 12.7 Å². The molecule has 1 atom stereocenters. The van der Waals surface area contributed by atoms with Crippen molar-refractivity contribution in [3.63, 3.8) is 0 Å². The molecule has 2 aromatic rings. The van der Waals surface area contributed by atoms with Gasteiger partial charge in [0.2, 0.25) is 23.2 Å². The first-order valence-electron chi connectivity index (χ1n) is 11.7. The van der Waals surface area contributed by atoms with Crippen LogP contribution < -0.4 is 15.3 Å². The molecule has 200 valence electrons. The predicted molar refractivity (Wildman–Crippen MR) is 145 cm³/mol. The Bertz CT molecular complexity index is 1350. The Kier molecular flexibility index (Phi) is 7.36. The van der Waals surface area contributed by atoms with Crippen molar-refractivity contribution in [3.8, 4) is 11.6 Å². The first-order valence-corrected chi connectivity index (χ1v) is 15.4. The van der Waals surface area contributed by atoms with Gasteiger partial charge in [0.25, 0.3) is 0 Å². The van der Waals surface area contributed by atoms with Crippen LogP contribution in [0.25, 0.3) is 0 Å². The summed E-state index contributed by atoms with van der Waals surface area (Å²) in [4.78, 5) is 0. The number of rotatable bonds is 7. The lowest BCUT2D eigenvalue weighted by molar-refractivity contribution is 0.319. The summed E-state index contributed by atoms with van der Waals surface area (Å²) in [5.74, 6) is -0.324. The predicted octanol–water partition coefficient (Wildman–Crippen LogP) is 3.77. The molecule has 0 saturated heterocycles. The quantitative estimate of drug-likeness (QED) is 0.335. The smallest absolute Gasteiger partial charge is 0.229 e. The average Bonchev–Trinajstić information content (AvgIpc) is 2.95. The molecule has 0 saturated carbocycles. The number of anilines is 2. The second-order valence-corrected chi connectivity index (χ2v) is 15.7. The van der Waals surface area contributed by atoms with Crippen LogP contribution in [0.1, 0.15) is 59.2 Å². The van der Waals surface area contributed by atoms with Gasteiger partial charge in [-0.3, -0.25) is 9.29 Å². The Morgan fingerprint density at radius 1 is 1.14 bits per heavy atom. The highest BCUT2D eigenvalue weighted by Crippen LogP contribution is 2.52. The molecular weight excluding hydrogens is 503 g/mol. The zero-order valence-corrected chi connectivity index (χ0v) is 23.6. The Morgan fingerprint density at radius 2 is 1.78 bits per heavy atom. The fourth-order valence-electron chi connectivity index (χ4n) is 4.23. The first kappa shape index (κ1) is 28.1. The number of benzene rings is 1. The van der Waals surface area contributed by atoms with E-state index in [1.54, 1.807) is 10.6 Å². The molecule has 36 heavy (non-hydrogen) atoms. The molecule has 0 fully saturated rings. The van der Waals surface area contributed by atoms with Gasteiger partial charge >= 0.3 is 0 Å². The molecule has 10 nitrogen and oxygen atoms in total. The van der Waals surface area contributed by atoms with Crippen molar-refractivity contribution in [1.82, 2.24) is 4.57 Å². The summed E-state index contributed by atoms with van der Waals surface area (Å²) in [6.45, 7) is 12.1. The van der Waals surface area contributed by atoms with Gasteiger partial charge < -0.3 is 25.2 Å². The molecule has 0 aliphatic carbocycles. The maximum absolute atomic E-state index is 14.0. The number of aliphatic hydroxyl groups is 1. The third kappa shape index (κ3) is 5.90. The van der Waals surface area contributed by atoms with Crippen LogP contribution in [0.5, 0.6) is 11.6 Å². The van der Waals surface area contributed by atoms with Gasteiger partial charge in [0.1, 0.15) is 11.4 Å². The fraction of sp³-hybridized carbons (Fsp3) is 0.542. The highest BCUT2D eigenvalue weighted by atomic mass is 32.2. The largest absolute Gasteiger partial charge is 0.505 e. The van der Waals surface area contributed by atoms with Gasteiger partial charge in [0.15, 0.2) is 5.75 Å². The number of amidine groups is 1. The van der Waals surface area contributed by atoms with E-state index in [1.165, 1.54) is 12.1 Å². The molecule has 2 heterocycles. The van der Waals surface area contributed by atoms with Gasteiger partial charge in [-0.05, 0) is 30.0 Å². The van der Waals surface area contributed by atoms with Gasteiger partial charge in [-0.2, -0.15) is 0 Å². The average molecular weight is 541 g/mol. The normalized spacial score (nSPS) is 18.4. The summed E-state index contributed by atoms with van der Waals surface area (Å²) >= 11 is 0. The topological polar surface area (TPSA) is 153 Å². The van der Waals surface area contributed by atoms with Gasteiger partial charge in [0.05, 0.1) is 29.5 Å². The standard InChI is InChI=1S/C24H37N4O6PS/c1-23(2,3)10-11-28-20(24(4,5)6)19(30)18(22(28)31)21-25-16-9-8-15(27-36(7,33)34)14-17(16)35(32,26-21)13-12-29/h8-9,14,27,29-31H,10-13H2,1-7H3,(H,25,26,32). The van der Waals surface area contributed by atoms with Gasteiger partial charge in [-0.1, -0.05) is 41.5 Å². The second kappa shape index (κ2) is 9.43. The number of nitrogens with zero attached hydrogens (tertiary/aromatic N) is 2. The van der Waals surface area contributed by atoms with Crippen molar-refractivity contribution in [2.45, 2.75) is 59.9 Å².